The maximum atomic E-state index is 4.37. The van der Waals surface area contributed by atoms with E-state index in [1.54, 1.807) is 11.3 Å². The van der Waals surface area contributed by atoms with E-state index in [2.05, 4.69) is 51.4 Å². The minimum atomic E-state index is 0.901. The lowest BCUT2D eigenvalue weighted by molar-refractivity contribution is 0.686. The molecule has 2 aliphatic rings. The first-order chi connectivity index (χ1) is 9.88. The van der Waals surface area contributed by atoms with Crippen LogP contribution in [0.25, 0.3) is 5.57 Å². The normalized spacial score (nSPS) is 17.2. The van der Waals surface area contributed by atoms with Crippen molar-refractivity contribution in [1.29, 1.82) is 0 Å². The summed E-state index contributed by atoms with van der Waals surface area (Å²) in [6.45, 7) is 4.23. The molecule has 0 fully saturated rings. The van der Waals surface area contributed by atoms with Gasteiger partial charge in [-0.05, 0) is 40.9 Å². The fourth-order valence-electron chi connectivity index (χ4n) is 2.48. The second-order valence-electron chi connectivity index (χ2n) is 5.05. The molecule has 3 nitrogen and oxygen atoms in total. The van der Waals surface area contributed by atoms with Crippen LogP contribution in [0.2, 0.25) is 0 Å². The Morgan fingerprint density at radius 2 is 2.20 bits per heavy atom. The number of hydrogen-bond donors (Lipinski definition) is 1. The molecule has 104 valence electrons. The number of nitrogens with zero attached hydrogens (tertiary/aromatic N) is 2. The largest absolute Gasteiger partial charge is 0.316 e. The molecule has 1 aliphatic heterocycles. The molecule has 2 heterocycles. The zero-order valence-electron chi connectivity index (χ0n) is 11.7. The van der Waals surface area contributed by atoms with E-state index in [-0.39, 0.29) is 0 Å². The Balaban J connectivity index is 1.66. The van der Waals surface area contributed by atoms with Crippen molar-refractivity contribution in [2.45, 2.75) is 26.2 Å². The highest BCUT2D eigenvalue weighted by molar-refractivity contribution is 7.08. The monoisotopic (exact) mass is 285 g/mol. The molecule has 3 rings (SSSR count). The summed E-state index contributed by atoms with van der Waals surface area (Å²) in [7, 11) is 0. The quantitative estimate of drug-likeness (QED) is 0.796. The van der Waals surface area contributed by atoms with Gasteiger partial charge in [0.1, 0.15) is 0 Å². The third kappa shape index (κ3) is 2.81. The number of rotatable bonds is 6. The van der Waals surface area contributed by atoms with Gasteiger partial charge < -0.3 is 5.32 Å². The molecule has 1 aromatic rings. The first kappa shape index (κ1) is 13.5. The minimum Gasteiger partial charge on any atom is -0.316 e. The van der Waals surface area contributed by atoms with E-state index in [1.165, 1.54) is 23.1 Å². The van der Waals surface area contributed by atoms with Crippen molar-refractivity contribution in [3.63, 3.8) is 0 Å². The van der Waals surface area contributed by atoms with E-state index in [1.807, 2.05) is 0 Å². The van der Waals surface area contributed by atoms with Crippen LogP contribution < -0.4 is 5.32 Å². The molecule has 0 saturated heterocycles. The molecule has 1 aliphatic carbocycles. The van der Waals surface area contributed by atoms with E-state index in [9.17, 15) is 0 Å². The summed E-state index contributed by atoms with van der Waals surface area (Å²) in [5.74, 6) is 0. The van der Waals surface area contributed by atoms with Crippen LogP contribution in [-0.2, 0) is 0 Å². The predicted molar refractivity (Wildman–Crippen MR) is 87.6 cm³/mol. The first-order valence-corrected chi connectivity index (χ1v) is 8.11. The zero-order valence-corrected chi connectivity index (χ0v) is 12.5. The summed E-state index contributed by atoms with van der Waals surface area (Å²) in [5.41, 5.74) is 6.14. The molecule has 0 bridgehead atoms. The SMILES string of the molecule is CCCNCCC1=NN=C2CC(c3ccsc3)=CC=C12. The second-order valence-corrected chi connectivity index (χ2v) is 5.83. The summed E-state index contributed by atoms with van der Waals surface area (Å²) in [4.78, 5) is 0. The van der Waals surface area contributed by atoms with Gasteiger partial charge in [0.25, 0.3) is 0 Å². The molecule has 0 amide bonds. The van der Waals surface area contributed by atoms with Crippen LogP contribution in [0, 0.1) is 0 Å². The number of thiophene rings is 1. The van der Waals surface area contributed by atoms with Gasteiger partial charge in [0.15, 0.2) is 0 Å². The lowest BCUT2D eigenvalue weighted by atomic mass is 9.90. The van der Waals surface area contributed by atoms with Gasteiger partial charge in [0.2, 0.25) is 0 Å². The van der Waals surface area contributed by atoms with Crippen molar-refractivity contribution >= 4 is 28.3 Å². The molecule has 1 N–H and O–H groups in total. The number of nitrogens with one attached hydrogen (secondary N) is 1. The summed E-state index contributed by atoms with van der Waals surface area (Å²) < 4.78 is 0. The van der Waals surface area contributed by atoms with Crippen molar-refractivity contribution in [1.82, 2.24) is 5.32 Å². The number of hydrogen-bond acceptors (Lipinski definition) is 4. The average molecular weight is 285 g/mol. The molecule has 20 heavy (non-hydrogen) atoms. The molecule has 1 aromatic heterocycles. The molecular formula is C16H19N3S. The molecule has 0 saturated carbocycles. The van der Waals surface area contributed by atoms with E-state index in [4.69, 9.17) is 0 Å². The van der Waals surface area contributed by atoms with E-state index in [0.29, 0.717) is 0 Å². The Kier molecular flexibility index (Phi) is 4.23. The smallest absolute Gasteiger partial charge is 0.0765 e. The van der Waals surface area contributed by atoms with Crippen LogP contribution in [0.4, 0.5) is 0 Å². The van der Waals surface area contributed by atoms with Crippen molar-refractivity contribution in [2.75, 3.05) is 13.1 Å². The van der Waals surface area contributed by atoms with Gasteiger partial charge in [0, 0.05) is 25.0 Å². The van der Waals surface area contributed by atoms with Crippen LogP contribution in [0.1, 0.15) is 31.7 Å². The highest BCUT2D eigenvalue weighted by atomic mass is 32.1. The van der Waals surface area contributed by atoms with Gasteiger partial charge in [-0.1, -0.05) is 19.1 Å². The van der Waals surface area contributed by atoms with Gasteiger partial charge in [-0.25, -0.2) is 0 Å². The van der Waals surface area contributed by atoms with Crippen LogP contribution in [-0.4, -0.2) is 24.5 Å². The lowest BCUT2D eigenvalue weighted by Gasteiger charge is -2.13. The summed E-state index contributed by atoms with van der Waals surface area (Å²) in [6.07, 6.45) is 7.43. The molecule has 0 spiro atoms. The first-order valence-electron chi connectivity index (χ1n) is 7.16. The van der Waals surface area contributed by atoms with E-state index < -0.39 is 0 Å². The fraction of sp³-hybridized carbons (Fsp3) is 0.375. The minimum absolute atomic E-state index is 0.901. The maximum Gasteiger partial charge on any atom is 0.0765 e. The molecule has 0 unspecified atom stereocenters. The third-order valence-corrected chi connectivity index (χ3v) is 4.26. The Morgan fingerprint density at radius 3 is 3.00 bits per heavy atom. The van der Waals surface area contributed by atoms with Crippen LogP contribution in [0.15, 0.2) is 44.8 Å². The molecular weight excluding hydrogens is 266 g/mol. The Labute approximate surface area is 123 Å². The Bertz CT molecular complexity index is 591. The lowest BCUT2D eigenvalue weighted by Crippen LogP contribution is -2.20. The van der Waals surface area contributed by atoms with Gasteiger partial charge in [-0.2, -0.15) is 21.5 Å². The average Bonchev–Trinajstić information content (AvgIpc) is 3.13. The zero-order chi connectivity index (χ0) is 13.8. The number of allylic oxidation sites excluding steroid dienone is 4. The van der Waals surface area contributed by atoms with Crippen LogP contribution in [0.5, 0.6) is 0 Å². The van der Waals surface area contributed by atoms with Gasteiger partial charge >= 0.3 is 0 Å². The topological polar surface area (TPSA) is 36.8 Å². The molecule has 4 heteroatoms. The molecule has 0 aromatic carbocycles. The van der Waals surface area contributed by atoms with Crippen molar-refractivity contribution < 1.29 is 0 Å². The Morgan fingerprint density at radius 1 is 1.25 bits per heavy atom. The summed E-state index contributed by atoms with van der Waals surface area (Å²) >= 11 is 1.74. The predicted octanol–water partition coefficient (Wildman–Crippen LogP) is 3.66. The van der Waals surface area contributed by atoms with Gasteiger partial charge in [-0.15, -0.1) is 0 Å². The van der Waals surface area contributed by atoms with Crippen molar-refractivity contribution in [3.8, 4) is 0 Å². The summed E-state index contributed by atoms with van der Waals surface area (Å²) in [5, 5.41) is 16.5. The molecule has 0 radical (unpaired) electrons. The number of fused-ring (bicyclic) bond motifs is 1. The van der Waals surface area contributed by atoms with Crippen LogP contribution >= 0.6 is 11.3 Å². The van der Waals surface area contributed by atoms with E-state index in [0.717, 1.165) is 37.4 Å². The standard InChI is InChI=1S/C16H19N3S/c1-2-7-17-8-5-15-14-4-3-12(10-16(14)19-18-15)13-6-9-20-11-13/h3-4,6,9,11,17H,2,5,7-8,10H2,1H3. The van der Waals surface area contributed by atoms with Gasteiger partial charge in [-0.3, -0.25) is 0 Å². The van der Waals surface area contributed by atoms with Gasteiger partial charge in [0.05, 0.1) is 11.4 Å². The van der Waals surface area contributed by atoms with E-state index >= 15 is 0 Å². The fourth-order valence-corrected chi connectivity index (χ4v) is 3.16. The summed E-state index contributed by atoms with van der Waals surface area (Å²) in [6, 6.07) is 2.17. The third-order valence-electron chi connectivity index (χ3n) is 3.58. The van der Waals surface area contributed by atoms with Crippen molar-refractivity contribution in [3.05, 3.63) is 40.1 Å². The highest BCUT2D eigenvalue weighted by Crippen LogP contribution is 2.29. The molecule has 0 atom stereocenters. The maximum absolute atomic E-state index is 4.37. The highest BCUT2D eigenvalue weighted by Gasteiger charge is 2.23. The van der Waals surface area contributed by atoms with Crippen LogP contribution in [0.3, 0.4) is 0 Å². The Hall–Kier alpha value is -1.52. The van der Waals surface area contributed by atoms with Crippen molar-refractivity contribution in [2.24, 2.45) is 10.2 Å². The second kappa shape index (κ2) is 6.29.